The van der Waals surface area contributed by atoms with Gasteiger partial charge in [0.1, 0.15) is 5.82 Å². The third-order valence-electron chi connectivity index (χ3n) is 3.57. The average Bonchev–Trinajstić information content (AvgIpc) is 2.80. The Morgan fingerprint density at radius 1 is 1.32 bits per heavy atom. The maximum absolute atomic E-state index is 4.61. The molecule has 1 N–H and O–H groups in total. The average molecular weight is 256 g/mol. The van der Waals surface area contributed by atoms with Crippen molar-refractivity contribution in [2.45, 2.75) is 39.5 Å². The monoisotopic (exact) mass is 256 g/mol. The number of rotatable bonds is 2. The fourth-order valence-corrected chi connectivity index (χ4v) is 2.49. The number of aromatic nitrogens is 3. The van der Waals surface area contributed by atoms with Crippen molar-refractivity contribution >= 4 is 5.69 Å². The highest BCUT2D eigenvalue weighted by Gasteiger charge is 2.13. The minimum absolute atomic E-state index is 0.360. The lowest BCUT2D eigenvalue weighted by atomic mass is 10.0. The van der Waals surface area contributed by atoms with Crippen molar-refractivity contribution < 1.29 is 0 Å². The topological polar surface area (TPSA) is 42.7 Å². The van der Waals surface area contributed by atoms with Crippen molar-refractivity contribution in [2.75, 3.05) is 11.9 Å². The van der Waals surface area contributed by atoms with Crippen LogP contribution in [0.15, 0.2) is 18.2 Å². The van der Waals surface area contributed by atoms with Gasteiger partial charge in [-0.2, -0.15) is 5.10 Å². The molecule has 1 aromatic heterocycles. The second kappa shape index (κ2) is 4.68. The van der Waals surface area contributed by atoms with Gasteiger partial charge in [-0.05, 0) is 43.5 Å². The van der Waals surface area contributed by atoms with Gasteiger partial charge in [-0.3, -0.25) is 0 Å². The highest BCUT2D eigenvalue weighted by molar-refractivity contribution is 5.57. The Morgan fingerprint density at radius 3 is 2.89 bits per heavy atom. The fraction of sp³-hybridized carbons (Fsp3) is 0.467. The van der Waals surface area contributed by atoms with Crippen molar-refractivity contribution in [1.82, 2.24) is 14.8 Å². The molecule has 100 valence electrons. The quantitative estimate of drug-likeness (QED) is 0.898. The minimum Gasteiger partial charge on any atom is -0.385 e. The van der Waals surface area contributed by atoms with Gasteiger partial charge in [0.2, 0.25) is 0 Å². The van der Waals surface area contributed by atoms with Crippen LogP contribution in [0.1, 0.15) is 43.4 Å². The molecule has 4 nitrogen and oxygen atoms in total. The van der Waals surface area contributed by atoms with E-state index in [1.54, 1.807) is 0 Å². The number of benzene rings is 1. The molecule has 3 rings (SSSR count). The lowest BCUT2D eigenvalue weighted by molar-refractivity contribution is 0.749. The molecule has 4 heteroatoms. The van der Waals surface area contributed by atoms with Crippen LogP contribution in [-0.2, 0) is 6.42 Å². The van der Waals surface area contributed by atoms with Crippen LogP contribution in [0.4, 0.5) is 5.69 Å². The van der Waals surface area contributed by atoms with E-state index in [1.165, 1.54) is 17.7 Å². The Kier molecular flexibility index (Phi) is 3.01. The molecule has 0 saturated heterocycles. The molecule has 0 unspecified atom stereocenters. The molecule has 0 radical (unpaired) electrons. The SMILES string of the molecule is Cc1nc(C(C)C)nn1-c1ccc2c(c1)CCCN2. The zero-order valence-electron chi connectivity index (χ0n) is 11.8. The summed E-state index contributed by atoms with van der Waals surface area (Å²) >= 11 is 0. The number of fused-ring (bicyclic) bond motifs is 1. The summed E-state index contributed by atoms with van der Waals surface area (Å²) in [6.45, 7) is 7.33. The maximum Gasteiger partial charge on any atom is 0.153 e. The van der Waals surface area contributed by atoms with Gasteiger partial charge in [-0.15, -0.1) is 0 Å². The molecule has 1 aliphatic rings. The van der Waals surface area contributed by atoms with E-state index in [4.69, 9.17) is 0 Å². The molecule has 2 heterocycles. The second-order valence-corrected chi connectivity index (χ2v) is 5.46. The molecule has 0 atom stereocenters. The highest BCUT2D eigenvalue weighted by Crippen LogP contribution is 2.25. The molecule has 0 fully saturated rings. The van der Waals surface area contributed by atoms with Gasteiger partial charge >= 0.3 is 0 Å². The molecular formula is C15H20N4. The molecule has 19 heavy (non-hydrogen) atoms. The number of aryl methyl sites for hydroxylation is 2. The van der Waals surface area contributed by atoms with Gasteiger partial charge in [-0.25, -0.2) is 9.67 Å². The lowest BCUT2D eigenvalue weighted by Gasteiger charge is -2.18. The van der Waals surface area contributed by atoms with E-state index < -0.39 is 0 Å². The van der Waals surface area contributed by atoms with Crippen LogP contribution in [0.5, 0.6) is 0 Å². The number of anilines is 1. The molecule has 1 aromatic carbocycles. The summed E-state index contributed by atoms with van der Waals surface area (Å²) < 4.78 is 1.95. The van der Waals surface area contributed by atoms with Crippen LogP contribution < -0.4 is 5.32 Å². The first-order valence-electron chi connectivity index (χ1n) is 6.96. The van der Waals surface area contributed by atoms with Gasteiger partial charge in [0, 0.05) is 18.2 Å². The summed E-state index contributed by atoms with van der Waals surface area (Å²) in [5.74, 6) is 2.22. The van der Waals surface area contributed by atoms with E-state index in [2.05, 4.69) is 47.4 Å². The Balaban J connectivity index is 2.02. The Labute approximate surface area is 113 Å². The van der Waals surface area contributed by atoms with Crippen molar-refractivity contribution in [3.05, 3.63) is 35.4 Å². The van der Waals surface area contributed by atoms with Crippen molar-refractivity contribution in [2.24, 2.45) is 0 Å². The molecular weight excluding hydrogens is 236 g/mol. The zero-order chi connectivity index (χ0) is 13.4. The van der Waals surface area contributed by atoms with E-state index in [0.29, 0.717) is 5.92 Å². The van der Waals surface area contributed by atoms with Crippen LogP contribution in [0, 0.1) is 6.92 Å². The molecule has 1 aliphatic heterocycles. The van der Waals surface area contributed by atoms with Crippen molar-refractivity contribution in [3.63, 3.8) is 0 Å². The first kappa shape index (κ1) is 12.2. The summed E-state index contributed by atoms with van der Waals surface area (Å²) in [5.41, 5.74) is 3.75. The zero-order valence-corrected chi connectivity index (χ0v) is 11.8. The van der Waals surface area contributed by atoms with Crippen molar-refractivity contribution in [3.8, 4) is 5.69 Å². The van der Waals surface area contributed by atoms with Crippen LogP contribution in [0.2, 0.25) is 0 Å². The van der Waals surface area contributed by atoms with E-state index in [-0.39, 0.29) is 0 Å². The largest absolute Gasteiger partial charge is 0.385 e. The van der Waals surface area contributed by atoms with Gasteiger partial charge in [0.15, 0.2) is 5.82 Å². The predicted molar refractivity (Wildman–Crippen MR) is 77.0 cm³/mol. The van der Waals surface area contributed by atoms with Crippen LogP contribution in [-0.4, -0.2) is 21.3 Å². The summed E-state index contributed by atoms with van der Waals surface area (Å²) in [4.78, 5) is 4.53. The third kappa shape index (κ3) is 2.23. The van der Waals surface area contributed by atoms with E-state index in [1.807, 2.05) is 11.6 Å². The van der Waals surface area contributed by atoms with Gasteiger partial charge < -0.3 is 5.32 Å². The summed E-state index contributed by atoms with van der Waals surface area (Å²) in [6, 6.07) is 6.50. The Hall–Kier alpha value is -1.84. The molecule has 2 aromatic rings. The van der Waals surface area contributed by atoms with E-state index in [9.17, 15) is 0 Å². The fourth-order valence-electron chi connectivity index (χ4n) is 2.49. The molecule has 0 bridgehead atoms. The van der Waals surface area contributed by atoms with E-state index >= 15 is 0 Å². The smallest absolute Gasteiger partial charge is 0.153 e. The summed E-state index contributed by atoms with van der Waals surface area (Å²) in [7, 11) is 0. The van der Waals surface area contributed by atoms with Crippen molar-refractivity contribution in [1.29, 1.82) is 0 Å². The Bertz CT molecular complexity index is 598. The van der Waals surface area contributed by atoms with E-state index in [0.717, 1.165) is 30.3 Å². The Morgan fingerprint density at radius 2 is 2.16 bits per heavy atom. The normalized spacial score (nSPS) is 14.3. The molecule has 0 aliphatic carbocycles. The number of hydrogen-bond acceptors (Lipinski definition) is 3. The third-order valence-corrected chi connectivity index (χ3v) is 3.57. The minimum atomic E-state index is 0.360. The number of nitrogens with one attached hydrogen (secondary N) is 1. The molecule has 0 spiro atoms. The van der Waals surface area contributed by atoms with Crippen LogP contribution in [0.3, 0.4) is 0 Å². The van der Waals surface area contributed by atoms with Crippen LogP contribution >= 0.6 is 0 Å². The first-order valence-corrected chi connectivity index (χ1v) is 6.96. The number of nitrogens with zero attached hydrogens (tertiary/aromatic N) is 3. The van der Waals surface area contributed by atoms with Crippen LogP contribution in [0.25, 0.3) is 5.69 Å². The molecule has 0 saturated carbocycles. The standard InChI is InChI=1S/C15H20N4/c1-10(2)15-17-11(3)19(18-15)13-6-7-14-12(9-13)5-4-8-16-14/h6-7,9-10,16H,4-5,8H2,1-3H3. The lowest BCUT2D eigenvalue weighted by Crippen LogP contribution is -2.12. The van der Waals surface area contributed by atoms with Gasteiger partial charge in [0.25, 0.3) is 0 Å². The molecule has 0 amide bonds. The van der Waals surface area contributed by atoms with Gasteiger partial charge in [0.05, 0.1) is 5.69 Å². The summed E-state index contributed by atoms with van der Waals surface area (Å²) in [5, 5.41) is 8.05. The van der Waals surface area contributed by atoms with Gasteiger partial charge in [-0.1, -0.05) is 13.8 Å². The summed E-state index contributed by atoms with van der Waals surface area (Å²) in [6.07, 6.45) is 2.34. The second-order valence-electron chi connectivity index (χ2n) is 5.46. The number of hydrogen-bond donors (Lipinski definition) is 1. The highest BCUT2D eigenvalue weighted by atomic mass is 15.3. The maximum atomic E-state index is 4.61. The first-order chi connectivity index (χ1) is 9.15. The predicted octanol–water partition coefficient (Wildman–Crippen LogP) is 3.06.